The van der Waals surface area contributed by atoms with Gasteiger partial charge in [-0.05, 0) is 37.0 Å². The van der Waals surface area contributed by atoms with E-state index in [2.05, 4.69) is 0 Å². The second-order valence-electron chi connectivity index (χ2n) is 5.11. The fourth-order valence-electron chi connectivity index (χ4n) is 2.41. The number of carbonyl (C=O) groups is 2. The van der Waals surface area contributed by atoms with Crippen LogP contribution in [0.2, 0.25) is 5.02 Å². The molecule has 0 saturated carbocycles. The van der Waals surface area contributed by atoms with E-state index in [1.807, 2.05) is 6.92 Å². The van der Waals surface area contributed by atoms with Crippen LogP contribution in [0.1, 0.15) is 30.1 Å². The summed E-state index contributed by atoms with van der Waals surface area (Å²) in [6.07, 6.45) is 1.18. The van der Waals surface area contributed by atoms with E-state index in [1.165, 1.54) is 17.0 Å². The van der Waals surface area contributed by atoms with Crippen molar-refractivity contribution in [2.75, 3.05) is 6.54 Å². The van der Waals surface area contributed by atoms with Crippen molar-refractivity contribution >= 4 is 23.5 Å². The first-order chi connectivity index (χ1) is 9.40. The molecule has 6 heteroatoms. The third kappa shape index (κ3) is 2.93. The van der Waals surface area contributed by atoms with Crippen molar-refractivity contribution < 1.29 is 19.1 Å². The first-order valence-corrected chi connectivity index (χ1v) is 6.76. The number of hydrogen-bond acceptors (Lipinski definition) is 2. The highest BCUT2D eigenvalue weighted by molar-refractivity contribution is 6.31. The van der Waals surface area contributed by atoms with Crippen molar-refractivity contribution in [1.29, 1.82) is 0 Å². The second-order valence-corrected chi connectivity index (χ2v) is 5.52. The minimum atomic E-state index is -1.02. The van der Waals surface area contributed by atoms with Gasteiger partial charge in [0, 0.05) is 12.1 Å². The monoisotopic (exact) mass is 299 g/mol. The molecule has 1 N–H and O–H groups in total. The van der Waals surface area contributed by atoms with Crippen molar-refractivity contribution in [2.24, 2.45) is 5.92 Å². The molecule has 1 amide bonds. The summed E-state index contributed by atoms with van der Waals surface area (Å²) in [6, 6.07) is 2.82. The number of likely N-dealkylation sites (tertiary alicyclic amines) is 1. The Morgan fingerprint density at radius 2 is 2.15 bits per heavy atom. The van der Waals surface area contributed by atoms with Crippen LogP contribution in [0, 0.1) is 11.7 Å². The molecule has 1 aliphatic rings. The highest BCUT2D eigenvalue weighted by atomic mass is 35.5. The molecule has 0 aliphatic carbocycles. The third-order valence-electron chi connectivity index (χ3n) is 3.58. The number of hydrogen-bond donors (Lipinski definition) is 1. The van der Waals surface area contributed by atoms with Crippen molar-refractivity contribution in [1.82, 2.24) is 4.90 Å². The number of amides is 1. The minimum absolute atomic E-state index is 0.145. The molecule has 108 valence electrons. The molecule has 1 saturated heterocycles. The highest BCUT2D eigenvalue weighted by Crippen LogP contribution is 2.25. The molecule has 2 atom stereocenters. The first-order valence-electron chi connectivity index (χ1n) is 6.39. The zero-order valence-electron chi connectivity index (χ0n) is 11.0. The van der Waals surface area contributed by atoms with E-state index in [4.69, 9.17) is 11.6 Å². The van der Waals surface area contributed by atoms with Crippen LogP contribution in [0.3, 0.4) is 0 Å². The van der Waals surface area contributed by atoms with Gasteiger partial charge in [0.1, 0.15) is 11.9 Å². The largest absolute Gasteiger partial charge is 0.480 e. The number of piperidine rings is 1. The lowest BCUT2D eigenvalue weighted by Crippen LogP contribution is -2.49. The Morgan fingerprint density at radius 1 is 1.45 bits per heavy atom. The van der Waals surface area contributed by atoms with Gasteiger partial charge < -0.3 is 10.0 Å². The number of carboxylic acids is 1. The Kier molecular flexibility index (Phi) is 4.28. The van der Waals surface area contributed by atoms with Crippen LogP contribution in [0.15, 0.2) is 18.2 Å². The molecule has 0 spiro atoms. The zero-order chi connectivity index (χ0) is 14.9. The van der Waals surface area contributed by atoms with Gasteiger partial charge in [-0.25, -0.2) is 9.18 Å². The molecule has 1 aromatic rings. The number of carbonyl (C=O) groups excluding carboxylic acids is 1. The smallest absolute Gasteiger partial charge is 0.326 e. The molecule has 2 unspecified atom stereocenters. The van der Waals surface area contributed by atoms with Gasteiger partial charge in [0.2, 0.25) is 0 Å². The number of carboxylic acid groups (broad SMARTS) is 1. The molecule has 2 rings (SSSR count). The predicted octanol–water partition coefficient (Wildman–Crippen LogP) is 2.80. The van der Waals surface area contributed by atoms with Gasteiger partial charge in [-0.15, -0.1) is 0 Å². The first kappa shape index (κ1) is 14.8. The summed E-state index contributed by atoms with van der Waals surface area (Å²) in [7, 11) is 0. The van der Waals surface area contributed by atoms with Crippen LogP contribution in [0.5, 0.6) is 0 Å². The lowest BCUT2D eigenvalue weighted by Gasteiger charge is -2.36. The van der Waals surface area contributed by atoms with Crippen LogP contribution < -0.4 is 0 Å². The molecule has 1 heterocycles. The minimum Gasteiger partial charge on any atom is -0.480 e. The average Bonchev–Trinajstić information content (AvgIpc) is 2.41. The molecule has 1 aliphatic heterocycles. The van der Waals surface area contributed by atoms with E-state index in [1.54, 1.807) is 0 Å². The van der Waals surface area contributed by atoms with Crippen molar-refractivity contribution in [3.05, 3.63) is 34.6 Å². The van der Waals surface area contributed by atoms with E-state index >= 15 is 0 Å². The number of benzene rings is 1. The van der Waals surface area contributed by atoms with Crippen LogP contribution >= 0.6 is 11.6 Å². The van der Waals surface area contributed by atoms with E-state index in [9.17, 15) is 19.1 Å². The summed E-state index contributed by atoms with van der Waals surface area (Å²) in [5.41, 5.74) is 0.206. The molecule has 20 heavy (non-hydrogen) atoms. The van der Waals surface area contributed by atoms with Gasteiger partial charge in [-0.3, -0.25) is 4.79 Å². The molecule has 1 aromatic carbocycles. The van der Waals surface area contributed by atoms with Crippen LogP contribution in [0.4, 0.5) is 4.39 Å². The average molecular weight is 300 g/mol. The summed E-state index contributed by atoms with van der Waals surface area (Å²) in [5, 5.41) is 9.10. The van der Waals surface area contributed by atoms with Gasteiger partial charge >= 0.3 is 5.97 Å². The summed E-state index contributed by atoms with van der Waals surface area (Å²) >= 11 is 5.66. The van der Waals surface area contributed by atoms with Crippen molar-refractivity contribution in [3.63, 3.8) is 0 Å². The van der Waals surface area contributed by atoms with Crippen molar-refractivity contribution in [3.8, 4) is 0 Å². The third-order valence-corrected chi connectivity index (χ3v) is 3.87. The number of aliphatic carboxylic acids is 1. The lowest BCUT2D eigenvalue weighted by molar-refractivity contribution is -0.144. The predicted molar refractivity (Wildman–Crippen MR) is 72.3 cm³/mol. The topological polar surface area (TPSA) is 57.6 Å². The molecule has 0 bridgehead atoms. The second kappa shape index (κ2) is 5.79. The SMILES string of the molecule is CC1CCN(C(=O)c2ccc(F)c(Cl)c2)C(C(=O)O)C1. The van der Waals surface area contributed by atoms with Crippen LogP contribution in [-0.4, -0.2) is 34.5 Å². The number of nitrogens with zero attached hydrogens (tertiary/aromatic N) is 1. The maximum atomic E-state index is 13.1. The quantitative estimate of drug-likeness (QED) is 0.913. The Hall–Kier alpha value is -1.62. The van der Waals surface area contributed by atoms with E-state index < -0.39 is 23.7 Å². The van der Waals surface area contributed by atoms with E-state index in [-0.39, 0.29) is 16.5 Å². The van der Waals surface area contributed by atoms with Gasteiger partial charge in [0.05, 0.1) is 5.02 Å². The Morgan fingerprint density at radius 3 is 2.75 bits per heavy atom. The number of halogens is 2. The van der Waals surface area contributed by atoms with Crippen LogP contribution in [-0.2, 0) is 4.79 Å². The fourth-order valence-corrected chi connectivity index (χ4v) is 2.59. The van der Waals surface area contributed by atoms with Gasteiger partial charge in [0.15, 0.2) is 0 Å². The van der Waals surface area contributed by atoms with Crippen molar-refractivity contribution in [2.45, 2.75) is 25.8 Å². The summed E-state index contributed by atoms with van der Waals surface area (Å²) in [4.78, 5) is 25.0. The molecule has 0 aromatic heterocycles. The summed E-state index contributed by atoms with van der Waals surface area (Å²) in [6.45, 7) is 2.35. The Balaban J connectivity index is 2.26. The standard InChI is InChI=1S/C14H15ClFNO3/c1-8-4-5-17(12(6-8)14(19)20)13(18)9-2-3-11(16)10(15)7-9/h2-3,7-8,12H,4-6H2,1H3,(H,19,20). The van der Waals surface area contributed by atoms with E-state index in [0.717, 1.165) is 12.5 Å². The normalized spacial score (nSPS) is 22.6. The number of rotatable bonds is 2. The Bertz CT molecular complexity index is 549. The molecular weight excluding hydrogens is 285 g/mol. The maximum Gasteiger partial charge on any atom is 0.326 e. The van der Waals surface area contributed by atoms with Gasteiger partial charge in [-0.2, -0.15) is 0 Å². The lowest BCUT2D eigenvalue weighted by atomic mass is 9.92. The maximum absolute atomic E-state index is 13.1. The van der Waals surface area contributed by atoms with Gasteiger partial charge in [-0.1, -0.05) is 18.5 Å². The fraction of sp³-hybridized carbons (Fsp3) is 0.429. The summed E-state index contributed by atoms with van der Waals surface area (Å²) in [5.74, 6) is -1.79. The zero-order valence-corrected chi connectivity index (χ0v) is 11.7. The molecular formula is C14H15ClFNO3. The summed E-state index contributed by atoms with van der Waals surface area (Å²) < 4.78 is 13.1. The molecule has 4 nitrogen and oxygen atoms in total. The molecule has 0 radical (unpaired) electrons. The molecule has 1 fully saturated rings. The van der Waals surface area contributed by atoms with E-state index in [0.29, 0.717) is 13.0 Å². The van der Waals surface area contributed by atoms with Gasteiger partial charge in [0.25, 0.3) is 5.91 Å². The highest BCUT2D eigenvalue weighted by Gasteiger charge is 2.35. The Labute approximate surface area is 121 Å². The van der Waals surface area contributed by atoms with Crippen LogP contribution in [0.25, 0.3) is 0 Å².